The number of para-hydroxylation sites is 3. The van der Waals surface area contributed by atoms with E-state index >= 15 is 0 Å². The second-order valence-corrected chi connectivity index (χ2v) is 16.9. The molecule has 89 heavy (non-hydrogen) atoms. The molecule has 0 bridgehead atoms. The van der Waals surface area contributed by atoms with Gasteiger partial charge in [0.15, 0.2) is 69.8 Å². The minimum Gasteiger partial charge on any atom is -0.399 e. The average molecular weight is 1280 g/mol. The summed E-state index contributed by atoms with van der Waals surface area (Å²) in [6, 6.07) is 42.9. The summed E-state index contributed by atoms with van der Waals surface area (Å²) in [6.07, 6.45) is 9.53. The number of nitrogen functional groups attached to an aromatic ring is 2. The van der Waals surface area contributed by atoms with E-state index in [1.54, 1.807) is 24.3 Å². The second-order valence-electron chi connectivity index (χ2n) is 16.9. The topological polar surface area (TPSA) is 131 Å². The lowest BCUT2D eigenvalue weighted by Crippen LogP contribution is -2.24. The molecule has 492 valence electrons. The zero-order valence-electron chi connectivity index (χ0n) is 51.9. The van der Waals surface area contributed by atoms with Crippen LogP contribution in [0.4, 0.5) is 100.0 Å². The zero-order chi connectivity index (χ0) is 68.8. The fourth-order valence-corrected chi connectivity index (χ4v) is 6.14. The number of benzene rings is 7. The fourth-order valence-electron chi connectivity index (χ4n) is 6.14. The van der Waals surface area contributed by atoms with E-state index in [1.165, 1.54) is 50.1 Å². The first-order valence-corrected chi connectivity index (χ1v) is 27.8. The lowest BCUT2D eigenvalue weighted by molar-refractivity contribution is 0.277. The molecule has 2 heterocycles. The average Bonchev–Trinajstić information content (AvgIpc) is 2.76. The molecule has 0 aliphatic carbocycles. The summed E-state index contributed by atoms with van der Waals surface area (Å²) in [7, 11) is 7.32. The van der Waals surface area contributed by atoms with Crippen LogP contribution < -0.4 is 27.4 Å². The number of aromatic nitrogens is 1. The number of halogens is 15. The van der Waals surface area contributed by atoms with Gasteiger partial charge in [0, 0.05) is 62.7 Å². The van der Waals surface area contributed by atoms with Crippen LogP contribution in [-0.2, 0) is 13.6 Å². The number of nitrogens with one attached hydrogen (secondary N) is 1. The Morgan fingerprint density at radius 2 is 0.742 bits per heavy atom. The van der Waals surface area contributed by atoms with Gasteiger partial charge in [-0.05, 0) is 98.8 Å². The summed E-state index contributed by atoms with van der Waals surface area (Å²) in [6.45, 7) is 18.1. The molecular formula is C65H81F15N8O. The SMILES string of the molecule is CC.CC.CC.CCC.CN(c1ccccc1)c1ccccc1.CN1CCCCC1.CNc1c(F)c(F)c(F)c(F)c1F.Cn1cccc1.NCc1c(F)c(F)c(F)c(F)c1F.Nc1c(F)c(F)c(F)c(F)c1F.Nc1ccccc1.O=Nc1ccccc1. The van der Waals surface area contributed by atoms with E-state index in [4.69, 9.17) is 11.5 Å². The predicted octanol–water partition coefficient (Wildman–Crippen LogP) is 19.7. The van der Waals surface area contributed by atoms with Crippen LogP contribution in [0.3, 0.4) is 0 Å². The van der Waals surface area contributed by atoms with Crippen molar-refractivity contribution in [2.24, 2.45) is 18.0 Å². The van der Waals surface area contributed by atoms with Crippen LogP contribution >= 0.6 is 0 Å². The summed E-state index contributed by atoms with van der Waals surface area (Å²) in [4.78, 5) is 14.3. The molecule has 0 atom stereocenters. The van der Waals surface area contributed by atoms with Crippen molar-refractivity contribution < 1.29 is 65.9 Å². The number of hydrogen-bond acceptors (Lipinski definition) is 8. The second kappa shape index (κ2) is 49.5. The Hall–Kier alpha value is -8.51. The van der Waals surface area contributed by atoms with E-state index in [0.29, 0.717) is 5.69 Å². The van der Waals surface area contributed by atoms with Gasteiger partial charge in [0.1, 0.15) is 17.1 Å². The minimum atomic E-state index is -2.21. The van der Waals surface area contributed by atoms with Gasteiger partial charge in [0.2, 0.25) is 17.5 Å². The number of piperidine rings is 1. The van der Waals surface area contributed by atoms with E-state index in [2.05, 4.69) is 97.2 Å². The van der Waals surface area contributed by atoms with Crippen LogP contribution in [0, 0.1) is 92.2 Å². The van der Waals surface area contributed by atoms with Crippen LogP contribution in [-0.4, -0.2) is 43.7 Å². The van der Waals surface area contributed by atoms with Crippen molar-refractivity contribution in [1.29, 1.82) is 0 Å². The Kier molecular flexibility index (Phi) is 47.1. The molecule has 9 nitrogen and oxygen atoms in total. The summed E-state index contributed by atoms with van der Waals surface area (Å²) in [5, 5.41) is 4.60. The number of hydrogen-bond donors (Lipinski definition) is 4. The third-order valence-electron chi connectivity index (χ3n) is 10.5. The normalized spacial score (nSPS) is 10.4. The maximum absolute atomic E-state index is 12.6. The summed E-state index contributed by atoms with van der Waals surface area (Å²) >= 11 is 0. The zero-order valence-corrected chi connectivity index (χ0v) is 51.9. The van der Waals surface area contributed by atoms with E-state index in [9.17, 15) is 70.8 Å². The summed E-state index contributed by atoms with van der Waals surface area (Å²) in [5.41, 5.74) is 15.0. The van der Waals surface area contributed by atoms with E-state index in [-0.39, 0.29) is 0 Å². The molecule has 0 radical (unpaired) electrons. The van der Waals surface area contributed by atoms with Crippen molar-refractivity contribution in [2.75, 3.05) is 55.9 Å². The van der Waals surface area contributed by atoms with E-state index < -0.39 is 111 Å². The Balaban J connectivity index is -0.000000944. The molecule has 9 rings (SSSR count). The molecule has 1 saturated heterocycles. The summed E-state index contributed by atoms with van der Waals surface area (Å²) in [5.74, 6) is -30.0. The number of rotatable bonds is 5. The first-order chi connectivity index (χ1) is 42.4. The highest BCUT2D eigenvalue weighted by Crippen LogP contribution is 2.28. The van der Waals surface area contributed by atoms with Crippen molar-refractivity contribution in [3.8, 4) is 0 Å². The van der Waals surface area contributed by atoms with Crippen LogP contribution in [0.1, 0.15) is 86.6 Å². The molecule has 1 fully saturated rings. The van der Waals surface area contributed by atoms with Crippen LogP contribution in [0.5, 0.6) is 0 Å². The predicted molar refractivity (Wildman–Crippen MR) is 331 cm³/mol. The summed E-state index contributed by atoms with van der Waals surface area (Å²) < 4.78 is 188. The maximum atomic E-state index is 12.6. The van der Waals surface area contributed by atoms with Crippen molar-refractivity contribution in [1.82, 2.24) is 9.47 Å². The molecule has 0 spiro atoms. The molecule has 1 aliphatic heterocycles. The molecule has 24 heteroatoms. The number of likely N-dealkylation sites (tertiary alicyclic amines) is 1. The van der Waals surface area contributed by atoms with Crippen LogP contribution in [0.15, 0.2) is 151 Å². The number of nitroso groups, excluding NO2 is 1. The molecule has 0 amide bonds. The van der Waals surface area contributed by atoms with Gasteiger partial charge < -0.3 is 36.9 Å². The molecular weight excluding hydrogens is 1190 g/mol. The van der Waals surface area contributed by atoms with Crippen LogP contribution in [0.2, 0.25) is 0 Å². The molecule has 0 saturated carbocycles. The smallest absolute Gasteiger partial charge is 0.200 e. The highest BCUT2D eigenvalue weighted by atomic mass is 19.2. The number of nitrogens with zero attached hydrogens (tertiary/aromatic N) is 4. The van der Waals surface area contributed by atoms with Gasteiger partial charge in [0.05, 0.1) is 0 Å². The highest BCUT2D eigenvalue weighted by Gasteiger charge is 2.26. The Labute approximate surface area is 513 Å². The molecule has 1 aromatic heterocycles. The first kappa shape index (κ1) is 84.7. The lowest BCUT2D eigenvalue weighted by Gasteiger charge is -2.20. The third-order valence-corrected chi connectivity index (χ3v) is 10.5. The standard InChI is InChI=1S/C13H13N.2C7H4F5N.C6H2F5N.C6H5NO.C6H13N.C6H7N.C5H7N.C3H8.3C2H6/c1-14(12-8-4-2-5-9-12)13-10-6-3-7-11-13;1-13-7-5(11)3(9)2(8)4(10)6(7)12;8-3-2(1-13)4(9)6(11)7(12)5(3)10;7-1-2(8)4(10)6(12)5(11)3(1)9;8-7-6-4-2-1-3-5-6;1-7-5-3-2-4-6-7;7-6-4-2-1-3-5-6;1-6-4-2-3-5-6;1-3-2;3*1-2/h2-11H,1H3;13H,1H3;1,13H2;12H2;1-5H;2-6H2,1H3;1-5H,7H2;2-5H,1H3;3H2,1-2H3;3*1-2H3. The van der Waals surface area contributed by atoms with Crippen molar-refractivity contribution in [3.63, 3.8) is 0 Å². The van der Waals surface area contributed by atoms with E-state index in [0.717, 1.165) is 12.7 Å². The van der Waals surface area contributed by atoms with Gasteiger partial charge in [-0.2, -0.15) is 0 Å². The largest absolute Gasteiger partial charge is 0.399 e. The Morgan fingerprint density at radius 3 is 0.978 bits per heavy atom. The van der Waals surface area contributed by atoms with Crippen molar-refractivity contribution >= 4 is 34.1 Å². The van der Waals surface area contributed by atoms with Gasteiger partial charge in [-0.3, -0.25) is 0 Å². The molecule has 7 N–H and O–H groups in total. The molecule has 7 aromatic carbocycles. The highest BCUT2D eigenvalue weighted by molar-refractivity contribution is 5.61. The van der Waals surface area contributed by atoms with Gasteiger partial charge in [-0.15, -0.1) is 4.91 Å². The Bertz CT molecular complexity index is 2840. The van der Waals surface area contributed by atoms with Gasteiger partial charge >= 0.3 is 0 Å². The molecule has 1 aliphatic rings. The van der Waals surface area contributed by atoms with Gasteiger partial charge in [-0.1, -0.05) is 141 Å². The number of nitrogens with two attached hydrogens (primary N) is 3. The van der Waals surface area contributed by atoms with Crippen LogP contribution in [0.25, 0.3) is 0 Å². The van der Waals surface area contributed by atoms with Gasteiger partial charge in [0.25, 0.3) is 0 Å². The van der Waals surface area contributed by atoms with Gasteiger partial charge in [-0.25, -0.2) is 65.9 Å². The van der Waals surface area contributed by atoms with Crippen molar-refractivity contribution in [3.05, 3.63) is 244 Å². The maximum Gasteiger partial charge on any atom is 0.200 e. The lowest BCUT2D eigenvalue weighted by atomic mass is 10.1. The monoisotopic (exact) mass is 1270 g/mol. The fraction of sp³-hybridized carbons (Fsp3) is 0.292. The Morgan fingerprint density at radius 1 is 0.449 bits per heavy atom. The minimum absolute atomic E-state index is 0.479. The quantitative estimate of drug-likeness (QED) is 0.0444. The third kappa shape index (κ3) is 30.8. The number of aryl methyl sites for hydroxylation is 1. The first-order valence-electron chi connectivity index (χ1n) is 27.8. The van der Waals surface area contributed by atoms with Crippen molar-refractivity contribution in [2.45, 2.75) is 87.6 Å². The molecule has 0 unspecified atom stereocenters. The van der Waals surface area contributed by atoms with E-state index in [1.807, 2.05) is 132 Å². The molecule has 8 aromatic rings. The number of anilines is 5.